The van der Waals surface area contributed by atoms with Crippen molar-refractivity contribution in [3.05, 3.63) is 23.9 Å². The lowest BCUT2D eigenvalue weighted by Gasteiger charge is -2.35. The van der Waals surface area contributed by atoms with E-state index >= 15 is 0 Å². The molecule has 7 nitrogen and oxygen atoms in total. The third kappa shape index (κ3) is 3.49. The van der Waals surface area contributed by atoms with E-state index in [0.717, 1.165) is 49.5 Å². The Morgan fingerprint density at radius 3 is 2.25 bits per heavy atom. The van der Waals surface area contributed by atoms with Crippen LogP contribution in [0.2, 0.25) is 0 Å². The number of piperazine rings is 1. The molecule has 0 radical (unpaired) electrons. The second-order valence-electron chi connectivity index (χ2n) is 7.66. The van der Waals surface area contributed by atoms with E-state index in [-0.39, 0.29) is 5.41 Å². The fourth-order valence-electron chi connectivity index (χ4n) is 2.76. The van der Waals surface area contributed by atoms with E-state index in [2.05, 4.69) is 65.7 Å². The summed E-state index contributed by atoms with van der Waals surface area (Å²) in [6.45, 7) is 14.5. The predicted octanol–water partition coefficient (Wildman–Crippen LogP) is 2.34. The quantitative estimate of drug-likeness (QED) is 0.932. The molecule has 1 aliphatic heterocycles. The number of H-pyrrole nitrogens is 1. The molecule has 7 heteroatoms. The summed E-state index contributed by atoms with van der Waals surface area (Å²) in [5, 5.41) is 6.87. The molecule has 2 aromatic heterocycles. The highest BCUT2D eigenvalue weighted by Crippen LogP contribution is 2.26. The first-order chi connectivity index (χ1) is 11.3. The molecule has 0 bridgehead atoms. The van der Waals surface area contributed by atoms with Crippen molar-refractivity contribution in [2.24, 2.45) is 0 Å². The first-order valence-electron chi connectivity index (χ1n) is 8.59. The lowest BCUT2D eigenvalue weighted by molar-refractivity contribution is 0.555. The second kappa shape index (κ2) is 6.37. The molecular weight excluding hydrogens is 302 g/mol. The number of hydrogen-bond donors (Lipinski definition) is 1. The van der Waals surface area contributed by atoms with Crippen LogP contribution in [-0.2, 0) is 5.41 Å². The third-order valence-corrected chi connectivity index (χ3v) is 4.32. The molecule has 0 atom stereocenters. The number of nitrogens with one attached hydrogen (secondary N) is 1. The molecule has 0 unspecified atom stereocenters. The monoisotopic (exact) mass is 329 g/mol. The first kappa shape index (κ1) is 16.7. The van der Waals surface area contributed by atoms with Gasteiger partial charge in [-0.3, -0.25) is 0 Å². The normalized spacial score (nSPS) is 16.1. The summed E-state index contributed by atoms with van der Waals surface area (Å²) in [7, 11) is 0. The molecule has 0 amide bonds. The maximum Gasteiger partial charge on any atom is 0.221 e. The van der Waals surface area contributed by atoms with Crippen LogP contribution >= 0.6 is 0 Å². The van der Waals surface area contributed by atoms with Crippen LogP contribution < -0.4 is 9.80 Å². The molecule has 24 heavy (non-hydrogen) atoms. The zero-order chi connectivity index (χ0) is 17.3. The van der Waals surface area contributed by atoms with Gasteiger partial charge in [-0.1, -0.05) is 34.6 Å². The van der Waals surface area contributed by atoms with Crippen molar-refractivity contribution in [3.8, 4) is 0 Å². The third-order valence-electron chi connectivity index (χ3n) is 4.32. The van der Waals surface area contributed by atoms with E-state index in [9.17, 15) is 0 Å². The van der Waals surface area contributed by atoms with Crippen molar-refractivity contribution >= 4 is 11.8 Å². The Bertz CT molecular complexity index is 665. The summed E-state index contributed by atoms with van der Waals surface area (Å²) in [4.78, 5) is 18.4. The van der Waals surface area contributed by atoms with E-state index in [4.69, 9.17) is 9.97 Å². The van der Waals surface area contributed by atoms with Crippen LogP contribution in [0.4, 0.5) is 11.8 Å². The van der Waals surface area contributed by atoms with Crippen LogP contribution in [0.1, 0.15) is 52.1 Å². The number of aromatic amines is 1. The van der Waals surface area contributed by atoms with Gasteiger partial charge in [0.2, 0.25) is 5.95 Å². The van der Waals surface area contributed by atoms with Crippen LogP contribution in [0.3, 0.4) is 0 Å². The van der Waals surface area contributed by atoms with Gasteiger partial charge in [-0.25, -0.2) is 15.1 Å². The van der Waals surface area contributed by atoms with Crippen LogP contribution in [0, 0.1) is 0 Å². The first-order valence-corrected chi connectivity index (χ1v) is 8.59. The Hall–Kier alpha value is -2.18. The van der Waals surface area contributed by atoms with Crippen molar-refractivity contribution in [3.63, 3.8) is 0 Å². The Labute approximate surface area is 143 Å². The highest BCUT2D eigenvalue weighted by molar-refractivity contribution is 5.44. The average Bonchev–Trinajstić information content (AvgIpc) is 3.08. The van der Waals surface area contributed by atoms with Crippen molar-refractivity contribution in [2.45, 2.75) is 46.0 Å². The molecular formula is C17H27N7. The van der Waals surface area contributed by atoms with Gasteiger partial charge in [-0.2, -0.15) is 10.1 Å². The van der Waals surface area contributed by atoms with Gasteiger partial charge in [-0.05, 0) is 0 Å². The predicted molar refractivity (Wildman–Crippen MR) is 95.6 cm³/mol. The Morgan fingerprint density at radius 2 is 1.71 bits per heavy atom. The number of rotatable bonds is 3. The molecule has 1 N–H and O–H groups in total. The molecule has 0 aromatic carbocycles. The van der Waals surface area contributed by atoms with Crippen LogP contribution in [0.25, 0.3) is 0 Å². The fourth-order valence-corrected chi connectivity index (χ4v) is 2.76. The second-order valence-corrected chi connectivity index (χ2v) is 7.66. The van der Waals surface area contributed by atoms with Crippen LogP contribution in [0.15, 0.2) is 12.4 Å². The number of nitrogens with zero attached hydrogens (tertiary/aromatic N) is 6. The molecule has 0 aliphatic carbocycles. The fraction of sp³-hybridized carbons (Fsp3) is 0.647. The van der Waals surface area contributed by atoms with Gasteiger partial charge >= 0.3 is 0 Å². The molecule has 0 saturated carbocycles. The van der Waals surface area contributed by atoms with E-state index in [1.54, 1.807) is 6.33 Å². The standard InChI is InChI=1S/C17H27N7/c1-12(2)15-20-13(17(3,4)5)10-14(21-15)23-6-8-24(9-7-23)16-18-11-19-22-16/h10-12H,6-9H2,1-5H3,(H,18,19,22). The van der Waals surface area contributed by atoms with Crippen LogP contribution in [0.5, 0.6) is 0 Å². The molecule has 0 spiro atoms. The van der Waals surface area contributed by atoms with Gasteiger partial charge in [0.15, 0.2) is 0 Å². The number of aromatic nitrogens is 5. The minimum Gasteiger partial charge on any atom is -0.353 e. The van der Waals surface area contributed by atoms with Gasteiger partial charge in [0.1, 0.15) is 18.0 Å². The summed E-state index contributed by atoms with van der Waals surface area (Å²) in [5.41, 5.74) is 1.12. The van der Waals surface area contributed by atoms with Gasteiger partial charge < -0.3 is 9.80 Å². The molecule has 3 heterocycles. The average molecular weight is 329 g/mol. The molecule has 2 aromatic rings. The van der Waals surface area contributed by atoms with E-state index in [1.807, 2.05) is 0 Å². The molecule has 1 fully saturated rings. The Kier molecular flexibility index (Phi) is 4.43. The van der Waals surface area contributed by atoms with E-state index in [1.165, 1.54) is 0 Å². The summed E-state index contributed by atoms with van der Waals surface area (Å²) in [5.74, 6) is 3.13. The maximum atomic E-state index is 4.82. The van der Waals surface area contributed by atoms with Gasteiger partial charge in [-0.15, -0.1) is 0 Å². The molecule has 1 saturated heterocycles. The lowest BCUT2D eigenvalue weighted by atomic mass is 9.91. The minimum atomic E-state index is 0.0169. The summed E-state index contributed by atoms with van der Waals surface area (Å²) >= 11 is 0. The summed E-state index contributed by atoms with van der Waals surface area (Å²) in [6.07, 6.45) is 1.55. The van der Waals surface area contributed by atoms with Crippen molar-refractivity contribution in [1.29, 1.82) is 0 Å². The largest absolute Gasteiger partial charge is 0.353 e. The Balaban J connectivity index is 1.80. The molecule has 1 aliphatic rings. The lowest BCUT2D eigenvalue weighted by Crippen LogP contribution is -2.47. The minimum absolute atomic E-state index is 0.0169. The SMILES string of the molecule is CC(C)c1nc(N2CCN(c3ncn[nH]3)CC2)cc(C(C)(C)C)n1. The van der Waals surface area contributed by atoms with Gasteiger partial charge in [0.05, 0.1) is 5.69 Å². The molecule has 3 rings (SSSR count). The van der Waals surface area contributed by atoms with Crippen molar-refractivity contribution in [2.75, 3.05) is 36.0 Å². The van der Waals surface area contributed by atoms with E-state index < -0.39 is 0 Å². The zero-order valence-corrected chi connectivity index (χ0v) is 15.2. The highest BCUT2D eigenvalue weighted by Gasteiger charge is 2.24. The summed E-state index contributed by atoms with van der Waals surface area (Å²) < 4.78 is 0. The number of anilines is 2. The van der Waals surface area contributed by atoms with Crippen molar-refractivity contribution < 1.29 is 0 Å². The number of hydrogen-bond acceptors (Lipinski definition) is 6. The van der Waals surface area contributed by atoms with Gasteiger partial charge in [0, 0.05) is 43.6 Å². The topological polar surface area (TPSA) is 73.8 Å². The zero-order valence-electron chi connectivity index (χ0n) is 15.2. The van der Waals surface area contributed by atoms with E-state index in [0.29, 0.717) is 5.92 Å². The highest BCUT2D eigenvalue weighted by atomic mass is 15.4. The van der Waals surface area contributed by atoms with Gasteiger partial charge in [0.25, 0.3) is 0 Å². The van der Waals surface area contributed by atoms with Crippen molar-refractivity contribution in [1.82, 2.24) is 25.1 Å². The summed E-state index contributed by atoms with van der Waals surface area (Å²) in [6, 6.07) is 2.15. The Morgan fingerprint density at radius 1 is 1.04 bits per heavy atom. The molecule has 130 valence electrons. The maximum absolute atomic E-state index is 4.82. The smallest absolute Gasteiger partial charge is 0.221 e. The van der Waals surface area contributed by atoms with Crippen LogP contribution in [-0.4, -0.2) is 51.3 Å².